The molecule has 0 bridgehead atoms. The van der Waals surface area contributed by atoms with E-state index in [1.54, 1.807) is 13.0 Å². The number of benzene rings is 1. The van der Waals surface area contributed by atoms with E-state index in [2.05, 4.69) is 16.0 Å². The lowest BCUT2D eigenvalue weighted by molar-refractivity contribution is -0.139. The first kappa shape index (κ1) is 25.5. The Morgan fingerprint density at radius 3 is 2.68 bits per heavy atom. The molecule has 2 rings (SSSR count). The third kappa shape index (κ3) is 7.99. The molecule has 1 fully saturated rings. The van der Waals surface area contributed by atoms with Gasteiger partial charge in [0.05, 0.1) is 23.1 Å². The van der Waals surface area contributed by atoms with Crippen LogP contribution < -0.4 is 16.0 Å². The number of carbonyl (C=O) groups is 3. The van der Waals surface area contributed by atoms with Crippen LogP contribution in [0.15, 0.2) is 18.2 Å². The van der Waals surface area contributed by atoms with Gasteiger partial charge in [-0.2, -0.15) is 0 Å². The Balaban J connectivity index is 2.02. The van der Waals surface area contributed by atoms with Crippen LogP contribution in [0.4, 0.5) is 0 Å². The van der Waals surface area contributed by atoms with Crippen LogP contribution in [0.25, 0.3) is 0 Å². The molecule has 1 aliphatic rings. The number of rotatable bonds is 7. The van der Waals surface area contributed by atoms with Crippen molar-refractivity contribution in [2.75, 3.05) is 13.2 Å². The predicted octanol–water partition coefficient (Wildman–Crippen LogP) is 2.22. The second kappa shape index (κ2) is 11.7. The zero-order chi connectivity index (χ0) is 23.1. The van der Waals surface area contributed by atoms with Gasteiger partial charge in [-0.1, -0.05) is 37.0 Å². The molecule has 1 heterocycles. The van der Waals surface area contributed by atoms with Gasteiger partial charge in [0, 0.05) is 17.7 Å². The number of carbonyl (C=O) groups excluding carboxylic acids is 3. The van der Waals surface area contributed by atoms with Gasteiger partial charge in [-0.15, -0.1) is 0 Å². The molecule has 1 aromatic rings. The van der Waals surface area contributed by atoms with Crippen molar-refractivity contribution in [2.45, 2.75) is 52.1 Å². The fourth-order valence-corrected chi connectivity index (χ4v) is 3.54. The SMILES string of the molecule is CC(C)C[C@H](NC(=O)CNC(=O)c1cc(Cl)ccc1Cl)B1OC[C@H](C)N[C@@H](C)C(=O)O1. The minimum atomic E-state index is -0.927. The standard InChI is InChI=1S/C20H28BCl2N3O5/c1-11(2)7-17(21-30-10-12(3)25-13(4)20(29)31-21)26-18(27)9-24-19(28)15-8-14(22)5-6-16(15)23/h5-6,8,11-13,17,25H,7,9-10H2,1-4H3,(H,24,28)(H,26,27)/t12-,13-,17-/m0/s1. The highest BCUT2D eigenvalue weighted by molar-refractivity contribution is 6.49. The van der Waals surface area contributed by atoms with Gasteiger partial charge in [-0.05, 0) is 44.4 Å². The van der Waals surface area contributed by atoms with Crippen LogP contribution in [0.5, 0.6) is 0 Å². The Bertz CT molecular complexity index is 811. The fraction of sp³-hybridized carbons (Fsp3) is 0.550. The summed E-state index contributed by atoms with van der Waals surface area (Å²) in [6.45, 7) is 7.62. The Hall–Kier alpha value is -1.81. The molecule has 8 nitrogen and oxygen atoms in total. The van der Waals surface area contributed by atoms with Crippen LogP contribution in [0.2, 0.25) is 10.0 Å². The Morgan fingerprint density at radius 2 is 2.00 bits per heavy atom. The third-order valence-corrected chi connectivity index (χ3v) is 5.18. The molecule has 1 saturated heterocycles. The maximum atomic E-state index is 12.5. The summed E-state index contributed by atoms with van der Waals surface area (Å²) in [5.74, 6) is -1.79. The maximum absolute atomic E-state index is 12.5. The molecule has 170 valence electrons. The normalized spacial score (nSPS) is 20.5. The molecule has 1 aromatic carbocycles. The second-order valence-corrected chi connectivity index (χ2v) is 8.88. The highest BCUT2D eigenvalue weighted by Gasteiger charge is 2.38. The lowest BCUT2D eigenvalue weighted by Crippen LogP contribution is -2.57. The molecule has 0 spiro atoms. The summed E-state index contributed by atoms with van der Waals surface area (Å²) in [6.07, 6.45) is 0.522. The smallest absolute Gasteiger partial charge is 0.507 e. The minimum Gasteiger partial charge on any atom is -0.507 e. The van der Waals surface area contributed by atoms with Crippen molar-refractivity contribution in [3.8, 4) is 0 Å². The summed E-state index contributed by atoms with van der Waals surface area (Å²) < 4.78 is 11.2. The summed E-state index contributed by atoms with van der Waals surface area (Å²) in [7, 11) is -0.927. The zero-order valence-corrected chi connectivity index (χ0v) is 19.5. The average Bonchev–Trinajstić information content (AvgIpc) is 2.69. The van der Waals surface area contributed by atoms with Gasteiger partial charge in [0.15, 0.2) is 0 Å². The molecular weight excluding hydrogens is 444 g/mol. The van der Waals surface area contributed by atoms with Gasteiger partial charge >= 0.3 is 13.1 Å². The van der Waals surface area contributed by atoms with Crippen LogP contribution in [0.1, 0.15) is 44.5 Å². The van der Waals surface area contributed by atoms with E-state index in [9.17, 15) is 14.4 Å². The van der Waals surface area contributed by atoms with E-state index in [1.807, 2.05) is 20.8 Å². The largest absolute Gasteiger partial charge is 0.551 e. The van der Waals surface area contributed by atoms with Crippen LogP contribution in [0, 0.1) is 5.92 Å². The fourth-order valence-electron chi connectivity index (χ4n) is 3.16. The number of halogens is 2. The van der Waals surface area contributed by atoms with E-state index in [4.69, 9.17) is 32.5 Å². The first-order valence-corrected chi connectivity index (χ1v) is 10.9. The number of hydrogen-bond donors (Lipinski definition) is 3. The van der Waals surface area contributed by atoms with Gasteiger partial charge in [-0.25, -0.2) is 0 Å². The van der Waals surface area contributed by atoms with Gasteiger partial charge in [-0.3, -0.25) is 19.7 Å². The summed E-state index contributed by atoms with van der Waals surface area (Å²) >= 11 is 11.9. The average molecular weight is 472 g/mol. The molecule has 2 amide bonds. The summed E-state index contributed by atoms with van der Waals surface area (Å²) in [4.78, 5) is 37.2. The molecule has 3 atom stereocenters. The van der Waals surface area contributed by atoms with Crippen LogP contribution in [-0.4, -0.2) is 56.1 Å². The number of amides is 2. The van der Waals surface area contributed by atoms with E-state index in [-0.39, 0.29) is 29.1 Å². The molecule has 11 heteroatoms. The number of hydrogen-bond acceptors (Lipinski definition) is 6. The number of nitrogens with one attached hydrogen (secondary N) is 3. The van der Waals surface area contributed by atoms with Crippen molar-refractivity contribution in [1.82, 2.24) is 16.0 Å². The molecule has 1 aliphatic heterocycles. The van der Waals surface area contributed by atoms with E-state index in [1.165, 1.54) is 12.1 Å². The van der Waals surface area contributed by atoms with Crippen molar-refractivity contribution in [3.63, 3.8) is 0 Å². The second-order valence-electron chi connectivity index (χ2n) is 8.04. The molecule has 31 heavy (non-hydrogen) atoms. The molecule has 0 radical (unpaired) electrons. The Morgan fingerprint density at radius 1 is 1.29 bits per heavy atom. The van der Waals surface area contributed by atoms with Crippen molar-refractivity contribution < 1.29 is 23.7 Å². The van der Waals surface area contributed by atoms with E-state index >= 15 is 0 Å². The van der Waals surface area contributed by atoms with Gasteiger partial charge in [0.25, 0.3) is 5.91 Å². The van der Waals surface area contributed by atoms with Gasteiger partial charge in [0.1, 0.15) is 6.04 Å². The topological polar surface area (TPSA) is 106 Å². The summed E-state index contributed by atoms with van der Waals surface area (Å²) in [5, 5.41) is 9.00. The minimum absolute atomic E-state index is 0.0533. The molecule has 0 aromatic heterocycles. The highest BCUT2D eigenvalue weighted by Crippen LogP contribution is 2.20. The first-order chi connectivity index (χ1) is 14.6. The van der Waals surface area contributed by atoms with Crippen LogP contribution in [-0.2, 0) is 18.9 Å². The summed E-state index contributed by atoms with van der Waals surface area (Å²) in [5.41, 5.74) is 0.174. The Labute approximate surface area is 192 Å². The van der Waals surface area contributed by atoms with Crippen molar-refractivity contribution in [1.29, 1.82) is 0 Å². The van der Waals surface area contributed by atoms with Crippen molar-refractivity contribution in [3.05, 3.63) is 33.8 Å². The van der Waals surface area contributed by atoms with E-state index in [0.717, 1.165) is 0 Å². The quantitative estimate of drug-likeness (QED) is 0.526. The monoisotopic (exact) mass is 471 g/mol. The van der Waals surface area contributed by atoms with Gasteiger partial charge in [0.2, 0.25) is 5.91 Å². The third-order valence-electron chi connectivity index (χ3n) is 4.61. The predicted molar refractivity (Wildman–Crippen MR) is 120 cm³/mol. The molecule has 3 N–H and O–H groups in total. The van der Waals surface area contributed by atoms with E-state index in [0.29, 0.717) is 18.1 Å². The first-order valence-electron chi connectivity index (χ1n) is 10.2. The Kier molecular flexibility index (Phi) is 9.62. The van der Waals surface area contributed by atoms with Crippen molar-refractivity contribution >= 4 is 48.1 Å². The summed E-state index contributed by atoms with van der Waals surface area (Å²) in [6, 6.07) is 3.96. The highest BCUT2D eigenvalue weighted by atomic mass is 35.5. The van der Waals surface area contributed by atoms with E-state index < -0.39 is 36.9 Å². The molecule has 0 aliphatic carbocycles. The van der Waals surface area contributed by atoms with Crippen molar-refractivity contribution in [2.24, 2.45) is 5.92 Å². The van der Waals surface area contributed by atoms with Gasteiger partial charge < -0.3 is 19.9 Å². The lowest BCUT2D eigenvalue weighted by Gasteiger charge is -2.30. The maximum Gasteiger partial charge on any atom is 0.551 e. The van der Waals surface area contributed by atoms with Crippen LogP contribution >= 0.6 is 23.2 Å². The van der Waals surface area contributed by atoms with Crippen LogP contribution in [0.3, 0.4) is 0 Å². The molecule has 0 unspecified atom stereocenters. The molecule has 0 saturated carbocycles. The zero-order valence-electron chi connectivity index (χ0n) is 18.0. The molecular formula is C20H28BCl2N3O5. The lowest BCUT2D eigenvalue weighted by atomic mass is 9.73.